The molecule has 6 nitrogen and oxygen atoms in total. The summed E-state index contributed by atoms with van der Waals surface area (Å²) in [6.07, 6.45) is 6.77. The van der Waals surface area contributed by atoms with E-state index >= 15 is 0 Å². The van der Waals surface area contributed by atoms with E-state index in [1.807, 2.05) is 0 Å². The molecule has 3 N–H and O–H groups in total. The zero-order chi connectivity index (χ0) is 16.7. The van der Waals surface area contributed by atoms with Crippen LogP contribution in [-0.2, 0) is 10.0 Å². The highest BCUT2D eigenvalue weighted by Gasteiger charge is 2.22. The smallest absolute Gasteiger partial charge is 0.272 e. The summed E-state index contributed by atoms with van der Waals surface area (Å²) >= 11 is 0. The van der Waals surface area contributed by atoms with Gasteiger partial charge in [0.05, 0.1) is 4.90 Å². The van der Waals surface area contributed by atoms with Crippen molar-refractivity contribution in [3.8, 4) is 0 Å². The fraction of sp³-hybridized carbons (Fsp3) is 0.353. The SMILES string of the molecule is O=c1[nH]c2ccc(S(=O)(=O)NC3CCCCC3)cc2c2cc[nH]c12. The van der Waals surface area contributed by atoms with Crippen molar-refractivity contribution < 1.29 is 8.42 Å². The van der Waals surface area contributed by atoms with Crippen LogP contribution in [0.25, 0.3) is 21.8 Å². The predicted octanol–water partition coefficient (Wildman–Crippen LogP) is 2.62. The van der Waals surface area contributed by atoms with Gasteiger partial charge in [0, 0.05) is 28.5 Å². The van der Waals surface area contributed by atoms with E-state index in [1.165, 1.54) is 6.42 Å². The Hall–Kier alpha value is -2.12. The van der Waals surface area contributed by atoms with E-state index in [4.69, 9.17) is 0 Å². The standard InChI is InChI=1S/C17H19N3O3S/c21-17-16-13(8-9-18-16)14-10-12(6-7-15(14)19-17)24(22,23)20-11-4-2-1-3-5-11/h6-11,18,20H,1-5H2,(H,19,21). The van der Waals surface area contributed by atoms with E-state index in [-0.39, 0.29) is 16.5 Å². The molecule has 0 bridgehead atoms. The molecule has 1 aliphatic rings. The van der Waals surface area contributed by atoms with E-state index in [2.05, 4.69) is 14.7 Å². The van der Waals surface area contributed by atoms with E-state index in [9.17, 15) is 13.2 Å². The summed E-state index contributed by atoms with van der Waals surface area (Å²) in [6, 6.07) is 6.63. The van der Waals surface area contributed by atoms with Gasteiger partial charge in [-0.15, -0.1) is 0 Å². The third-order valence-corrected chi connectivity index (χ3v) is 6.26. The van der Waals surface area contributed by atoms with Gasteiger partial charge < -0.3 is 9.97 Å². The molecule has 2 aromatic heterocycles. The minimum Gasteiger partial charge on any atom is -0.357 e. The molecule has 1 aliphatic carbocycles. The number of rotatable bonds is 3. The fourth-order valence-electron chi connectivity index (χ4n) is 3.50. The van der Waals surface area contributed by atoms with Gasteiger partial charge in [-0.2, -0.15) is 0 Å². The highest BCUT2D eigenvalue weighted by Crippen LogP contribution is 2.25. The molecule has 0 amide bonds. The van der Waals surface area contributed by atoms with Gasteiger partial charge in [0.15, 0.2) is 0 Å². The van der Waals surface area contributed by atoms with Crippen molar-refractivity contribution in [3.63, 3.8) is 0 Å². The van der Waals surface area contributed by atoms with Crippen molar-refractivity contribution in [2.45, 2.75) is 43.0 Å². The van der Waals surface area contributed by atoms with Crippen molar-refractivity contribution in [1.82, 2.24) is 14.7 Å². The van der Waals surface area contributed by atoms with Crippen LogP contribution >= 0.6 is 0 Å². The van der Waals surface area contributed by atoms with Gasteiger partial charge in [-0.3, -0.25) is 4.79 Å². The van der Waals surface area contributed by atoms with Gasteiger partial charge in [-0.05, 0) is 37.1 Å². The normalized spacial score (nSPS) is 16.8. The largest absolute Gasteiger partial charge is 0.357 e. The maximum absolute atomic E-state index is 12.7. The fourth-order valence-corrected chi connectivity index (χ4v) is 4.83. The van der Waals surface area contributed by atoms with Crippen LogP contribution in [0, 0.1) is 0 Å². The quantitative estimate of drug-likeness (QED) is 0.681. The van der Waals surface area contributed by atoms with Gasteiger partial charge in [-0.1, -0.05) is 19.3 Å². The van der Waals surface area contributed by atoms with Crippen molar-refractivity contribution in [2.24, 2.45) is 0 Å². The summed E-state index contributed by atoms with van der Waals surface area (Å²) in [5, 5.41) is 1.45. The first-order chi connectivity index (χ1) is 11.5. The molecular formula is C17H19N3O3S. The number of nitrogens with one attached hydrogen (secondary N) is 3. The number of fused-ring (bicyclic) bond motifs is 3. The van der Waals surface area contributed by atoms with Gasteiger partial charge in [0.1, 0.15) is 5.52 Å². The molecule has 0 saturated heterocycles. The molecule has 24 heavy (non-hydrogen) atoms. The molecule has 0 radical (unpaired) electrons. The molecule has 1 saturated carbocycles. The van der Waals surface area contributed by atoms with E-state index < -0.39 is 10.0 Å². The zero-order valence-corrected chi connectivity index (χ0v) is 13.9. The van der Waals surface area contributed by atoms with Crippen LogP contribution in [0.4, 0.5) is 0 Å². The molecular weight excluding hydrogens is 326 g/mol. The first-order valence-electron chi connectivity index (χ1n) is 8.20. The molecule has 0 aliphatic heterocycles. The average Bonchev–Trinajstić information content (AvgIpc) is 3.06. The monoisotopic (exact) mass is 345 g/mol. The van der Waals surface area contributed by atoms with E-state index in [0.29, 0.717) is 11.0 Å². The molecule has 1 aromatic carbocycles. The lowest BCUT2D eigenvalue weighted by atomic mass is 9.96. The lowest BCUT2D eigenvalue weighted by molar-refractivity contribution is 0.412. The van der Waals surface area contributed by atoms with Crippen molar-refractivity contribution in [2.75, 3.05) is 0 Å². The molecule has 126 valence electrons. The summed E-state index contributed by atoms with van der Waals surface area (Å²) in [6.45, 7) is 0. The van der Waals surface area contributed by atoms with Gasteiger partial charge in [0.2, 0.25) is 10.0 Å². The first kappa shape index (κ1) is 15.4. The minimum absolute atomic E-state index is 0.0160. The molecule has 7 heteroatoms. The van der Waals surface area contributed by atoms with Crippen molar-refractivity contribution >= 4 is 31.8 Å². The maximum Gasteiger partial charge on any atom is 0.272 e. The summed E-state index contributed by atoms with van der Waals surface area (Å²) in [5.74, 6) is 0. The van der Waals surface area contributed by atoms with E-state index in [0.717, 1.165) is 36.5 Å². The van der Waals surface area contributed by atoms with Crippen LogP contribution in [0.15, 0.2) is 40.2 Å². The molecule has 2 heterocycles. The van der Waals surface area contributed by atoms with E-state index in [1.54, 1.807) is 30.5 Å². The van der Waals surface area contributed by atoms with Crippen molar-refractivity contribution in [3.05, 3.63) is 40.8 Å². The molecule has 4 rings (SSSR count). The highest BCUT2D eigenvalue weighted by molar-refractivity contribution is 7.89. The summed E-state index contributed by atoms with van der Waals surface area (Å²) in [4.78, 5) is 17.9. The number of aromatic nitrogens is 2. The number of H-pyrrole nitrogens is 2. The molecule has 0 atom stereocenters. The third kappa shape index (κ3) is 2.63. The topological polar surface area (TPSA) is 94.8 Å². The molecule has 3 aromatic rings. The summed E-state index contributed by atoms with van der Waals surface area (Å²) in [5.41, 5.74) is 0.874. The van der Waals surface area contributed by atoms with Gasteiger partial charge in [-0.25, -0.2) is 13.1 Å². The number of benzene rings is 1. The van der Waals surface area contributed by atoms with Crippen LogP contribution < -0.4 is 10.3 Å². The average molecular weight is 345 g/mol. The molecule has 0 unspecified atom stereocenters. The second kappa shape index (κ2) is 5.75. The van der Waals surface area contributed by atoms with Crippen LogP contribution in [0.3, 0.4) is 0 Å². The molecule has 0 spiro atoms. The second-order valence-electron chi connectivity index (χ2n) is 6.38. The van der Waals surface area contributed by atoms with Crippen LogP contribution in [0.2, 0.25) is 0 Å². The second-order valence-corrected chi connectivity index (χ2v) is 8.10. The Bertz CT molecular complexity index is 1060. The molecule has 1 fully saturated rings. The van der Waals surface area contributed by atoms with Gasteiger partial charge in [0.25, 0.3) is 5.56 Å². The Morgan fingerprint density at radius 1 is 1.04 bits per heavy atom. The minimum atomic E-state index is -3.57. The number of hydrogen-bond donors (Lipinski definition) is 3. The number of sulfonamides is 1. The summed E-state index contributed by atoms with van der Waals surface area (Å²) in [7, 11) is -3.57. The van der Waals surface area contributed by atoms with Crippen LogP contribution in [-0.4, -0.2) is 24.4 Å². The predicted molar refractivity (Wildman–Crippen MR) is 93.6 cm³/mol. The number of pyridine rings is 1. The zero-order valence-electron chi connectivity index (χ0n) is 13.1. The van der Waals surface area contributed by atoms with Crippen LogP contribution in [0.5, 0.6) is 0 Å². The number of aromatic amines is 2. The van der Waals surface area contributed by atoms with Gasteiger partial charge >= 0.3 is 0 Å². The maximum atomic E-state index is 12.7. The number of hydrogen-bond acceptors (Lipinski definition) is 3. The Morgan fingerprint density at radius 2 is 1.83 bits per heavy atom. The Balaban J connectivity index is 1.79. The summed E-state index contributed by atoms with van der Waals surface area (Å²) < 4.78 is 28.2. The Labute approximate surface area is 139 Å². The Kier molecular flexibility index (Phi) is 3.69. The van der Waals surface area contributed by atoms with Crippen LogP contribution in [0.1, 0.15) is 32.1 Å². The Morgan fingerprint density at radius 3 is 2.62 bits per heavy atom. The third-order valence-electron chi connectivity index (χ3n) is 4.74. The van der Waals surface area contributed by atoms with Crippen molar-refractivity contribution in [1.29, 1.82) is 0 Å². The lowest BCUT2D eigenvalue weighted by Crippen LogP contribution is -2.36. The first-order valence-corrected chi connectivity index (χ1v) is 9.68. The lowest BCUT2D eigenvalue weighted by Gasteiger charge is -2.22. The highest BCUT2D eigenvalue weighted by atomic mass is 32.2.